The van der Waals surface area contributed by atoms with Gasteiger partial charge in [-0.05, 0) is 25.0 Å². The average Bonchev–Trinajstić information content (AvgIpc) is 3.00. The highest BCUT2D eigenvalue weighted by Crippen LogP contribution is 2.42. The zero-order valence-corrected chi connectivity index (χ0v) is 9.31. The van der Waals surface area contributed by atoms with Gasteiger partial charge in [-0.1, -0.05) is 0 Å². The van der Waals surface area contributed by atoms with Gasteiger partial charge in [0.1, 0.15) is 0 Å². The molecule has 5 nitrogen and oxygen atoms in total. The van der Waals surface area contributed by atoms with E-state index in [0.29, 0.717) is 5.75 Å². The minimum Gasteiger partial charge on any atom is -0.504 e. The topological polar surface area (TPSA) is 59.0 Å². The Kier molecular flexibility index (Phi) is 2.31. The van der Waals surface area contributed by atoms with Crippen LogP contribution in [0, 0.1) is 0 Å². The van der Waals surface area contributed by atoms with Crippen molar-refractivity contribution in [2.45, 2.75) is 12.8 Å². The summed E-state index contributed by atoms with van der Waals surface area (Å²) in [6.45, 7) is 1.60. The zero-order chi connectivity index (χ0) is 11.8. The van der Waals surface area contributed by atoms with Gasteiger partial charge in [0.15, 0.2) is 11.5 Å². The van der Waals surface area contributed by atoms with Crippen molar-refractivity contribution in [3.05, 3.63) is 17.7 Å². The molecule has 1 N–H and O–H groups in total. The van der Waals surface area contributed by atoms with Crippen molar-refractivity contribution >= 4 is 5.91 Å². The van der Waals surface area contributed by atoms with Crippen molar-refractivity contribution in [2.75, 3.05) is 19.9 Å². The molecule has 17 heavy (non-hydrogen) atoms. The third-order valence-corrected chi connectivity index (χ3v) is 3.14. The summed E-state index contributed by atoms with van der Waals surface area (Å²) < 4.78 is 10.3. The molecule has 1 aromatic rings. The molecule has 1 amide bonds. The molecule has 0 saturated carbocycles. The molecule has 0 spiro atoms. The second kappa shape index (κ2) is 3.84. The molecule has 0 radical (unpaired) electrons. The largest absolute Gasteiger partial charge is 0.504 e. The number of amides is 1. The van der Waals surface area contributed by atoms with Crippen LogP contribution in [0.1, 0.15) is 23.2 Å². The van der Waals surface area contributed by atoms with E-state index >= 15 is 0 Å². The fourth-order valence-corrected chi connectivity index (χ4v) is 2.22. The highest BCUT2D eigenvalue weighted by molar-refractivity contribution is 5.98. The average molecular weight is 235 g/mol. The highest BCUT2D eigenvalue weighted by atomic mass is 16.7. The molecule has 3 rings (SSSR count). The molecule has 0 unspecified atom stereocenters. The monoisotopic (exact) mass is 235 g/mol. The summed E-state index contributed by atoms with van der Waals surface area (Å²) in [4.78, 5) is 13.9. The van der Waals surface area contributed by atoms with E-state index in [0.717, 1.165) is 25.9 Å². The summed E-state index contributed by atoms with van der Waals surface area (Å²) in [5, 5.41) is 9.99. The third-order valence-electron chi connectivity index (χ3n) is 3.14. The van der Waals surface area contributed by atoms with Crippen LogP contribution in [-0.2, 0) is 0 Å². The molecule has 0 aliphatic carbocycles. The second-order valence-electron chi connectivity index (χ2n) is 4.19. The Labute approximate surface area is 98.6 Å². The van der Waals surface area contributed by atoms with Crippen molar-refractivity contribution < 1.29 is 19.4 Å². The number of fused-ring (bicyclic) bond motifs is 1. The molecule has 2 heterocycles. The van der Waals surface area contributed by atoms with Crippen LogP contribution >= 0.6 is 0 Å². The number of hydrogen-bond donors (Lipinski definition) is 1. The van der Waals surface area contributed by atoms with Gasteiger partial charge in [-0.15, -0.1) is 0 Å². The van der Waals surface area contributed by atoms with Crippen LogP contribution < -0.4 is 9.47 Å². The number of benzene rings is 1. The maximum Gasteiger partial charge on any atom is 0.257 e. The first kappa shape index (κ1) is 10.3. The maximum atomic E-state index is 12.1. The van der Waals surface area contributed by atoms with Gasteiger partial charge in [-0.25, -0.2) is 0 Å². The summed E-state index contributed by atoms with van der Waals surface area (Å²) in [7, 11) is 0. The predicted molar refractivity (Wildman–Crippen MR) is 59.4 cm³/mol. The van der Waals surface area contributed by atoms with Crippen LogP contribution in [0.3, 0.4) is 0 Å². The molecule has 1 aromatic carbocycles. The number of phenols is 1. The molecule has 2 aliphatic rings. The zero-order valence-electron chi connectivity index (χ0n) is 9.31. The Balaban J connectivity index is 1.95. The lowest BCUT2D eigenvalue weighted by Crippen LogP contribution is -2.27. The van der Waals surface area contributed by atoms with Crippen LogP contribution in [0.25, 0.3) is 0 Å². The van der Waals surface area contributed by atoms with E-state index in [1.54, 1.807) is 17.0 Å². The van der Waals surface area contributed by atoms with Gasteiger partial charge >= 0.3 is 0 Å². The molecule has 90 valence electrons. The van der Waals surface area contributed by atoms with E-state index < -0.39 is 0 Å². The number of nitrogens with zero attached hydrogens (tertiary/aromatic N) is 1. The third kappa shape index (κ3) is 1.58. The molecule has 0 bridgehead atoms. The first-order valence-electron chi connectivity index (χ1n) is 5.68. The van der Waals surface area contributed by atoms with Crippen LogP contribution in [0.5, 0.6) is 17.2 Å². The lowest BCUT2D eigenvalue weighted by Gasteiger charge is -2.16. The minimum atomic E-state index is -0.140. The normalized spacial score (nSPS) is 17.5. The lowest BCUT2D eigenvalue weighted by molar-refractivity contribution is 0.0789. The summed E-state index contributed by atoms with van der Waals surface area (Å²) in [6.07, 6.45) is 2.05. The summed E-state index contributed by atoms with van der Waals surface area (Å²) in [5.41, 5.74) is 0.288. The van der Waals surface area contributed by atoms with Gasteiger partial charge in [0.05, 0.1) is 5.56 Å². The highest BCUT2D eigenvalue weighted by Gasteiger charge is 2.27. The van der Waals surface area contributed by atoms with Crippen LogP contribution in [0.4, 0.5) is 0 Å². The summed E-state index contributed by atoms with van der Waals surface area (Å²) >= 11 is 0. The van der Waals surface area contributed by atoms with Crippen molar-refractivity contribution in [1.82, 2.24) is 4.90 Å². The second-order valence-corrected chi connectivity index (χ2v) is 4.19. The molecule has 0 atom stereocenters. The van der Waals surface area contributed by atoms with Gasteiger partial charge in [-0.3, -0.25) is 4.79 Å². The van der Waals surface area contributed by atoms with E-state index in [4.69, 9.17) is 9.47 Å². The Bertz CT molecular complexity index is 466. The molecule has 1 fully saturated rings. The SMILES string of the molecule is O=C(c1ccc2c(c1O)OCO2)N1CCCC1. The van der Waals surface area contributed by atoms with E-state index in [9.17, 15) is 9.90 Å². The Hall–Kier alpha value is -1.91. The first-order chi connectivity index (χ1) is 8.27. The van der Waals surface area contributed by atoms with Gasteiger partial charge in [0, 0.05) is 13.1 Å². The lowest BCUT2D eigenvalue weighted by atomic mass is 10.1. The van der Waals surface area contributed by atoms with Crippen LogP contribution in [0.2, 0.25) is 0 Å². The van der Waals surface area contributed by atoms with E-state index in [1.165, 1.54) is 0 Å². The number of aromatic hydroxyl groups is 1. The quantitative estimate of drug-likeness (QED) is 0.798. The number of phenolic OH excluding ortho intramolecular Hbond substituents is 1. The van der Waals surface area contributed by atoms with Crippen LogP contribution in [-0.4, -0.2) is 35.8 Å². The number of carbonyl (C=O) groups excluding carboxylic acids is 1. The van der Waals surface area contributed by atoms with Gasteiger partial charge in [-0.2, -0.15) is 0 Å². The van der Waals surface area contributed by atoms with Crippen LogP contribution in [0.15, 0.2) is 12.1 Å². The number of rotatable bonds is 1. The number of hydrogen-bond acceptors (Lipinski definition) is 4. The van der Waals surface area contributed by atoms with Crippen molar-refractivity contribution in [2.24, 2.45) is 0 Å². The van der Waals surface area contributed by atoms with E-state index in [-0.39, 0.29) is 29.8 Å². The fourth-order valence-electron chi connectivity index (χ4n) is 2.22. The van der Waals surface area contributed by atoms with Crippen molar-refractivity contribution in [1.29, 1.82) is 0 Å². The Morgan fingerprint density at radius 2 is 2.00 bits per heavy atom. The van der Waals surface area contributed by atoms with Gasteiger partial charge in [0.25, 0.3) is 5.91 Å². The first-order valence-corrected chi connectivity index (χ1v) is 5.68. The van der Waals surface area contributed by atoms with E-state index in [2.05, 4.69) is 0 Å². The molecule has 5 heteroatoms. The number of ether oxygens (including phenoxy) is 2. The molecular weight excluding hydrogens is 222 g/mol. The summed E-state index contributed by atoms with van der Waals surface area (Å²) in [5.74, 6) is 0.505. The molecule has 1 saturated heterocycles. The fraction of sp³-hybridized carbons (Fsp3) is 0.417. The number of carbonyl (C=O) groups is 1. The number of likely N-dealkylation sites (tertiary alicyclic amines) is 1. The van der Waals surface area contributed by atoms with Gasteiger partial charge < -0.3 is 19.5 Å². The minimum absolute atomic E-state index is 0.0876. The molecular formula is C12H13NO4. The smallest absolute Gasteiger partial charge is 0.257 e. The van der Waals surface area contributed by atoms with Crippen molar-refractivity contribution in [3.63, 3.8) is 0 Å². The Morgan fingerprint density at radius 1 is 1.24 bits per heavy atom. The van der Waals surface area contributed by atoms with Crippen molar-refractivity contribution in [3.8, 4) is 17.2 Å². The Morgan fingerprint density at radius 3 is 2.76 bits per heavy atom. The summed E-state index contributed by atoms with van der Waals surface area (Å²) in [6, 6.07) is 3.24. The van der Waals surface area contributed by atoms with E-state index in [1.807, 2.05) is 0 Å². The predicted octanol–water partition coefficient (Wildman–Crippen LogP) is 1.36. The standard InChI is InChI=1S/C12H13NO4/c14-10-8(12(15)13-5-1-2-6-13)3-4-9-11(10)17-7-16-9/h3-4,14H,1-2,5-7H2. The van der Waals surface area contributed by atoms with Gasteiger partial charge in [0.2, 0.25) is 12.5 Å². The maximum absolute atomic E-state index is 12.1. The molecule has 2 aliphatic heterocycles. The molecule has 0 aromatic heterocycles.